The number of allylic oxidation sites excluding steroid dienone is 2. The second kappa shape index (κ2) is 7.49. The second-order valence-corrected chi connectivity index (χ2v) is 4.31. The molecule has 1 rings (SSSR count). The summed E-state index contributed by atoms with van der Waals surface area (Å²) in [6.45, 7) is 8.18. The molecule has 2 nitrogen and oxygen atoms in total. The van der Waals surface area contributed by atoms with E-state index in [1.807, 2.05) is 32.1 Å². The van der Waals surface area contributed by atoms with Crippen LogP contribution < -0.4 is 4.74 Å². The predicted molar refractivity (Wildman–Crippen MR) is 78.2 cm³/mol. The summed E-state index contributed by atoms with van der Waals surface area (Å²) in [6, 6.07) is 6.16. The molecule has 1 aromatic rings. The molecule has 0 bridgehead atoms. The van der Waals surface area contributed by atoms with Crippen LogP contribution in [0.5, 0.6) is 5.75 Å². The van der Waals surface area contributed by atoms with Crippen molar-refractivity contribution in [3.8, 4) is 5.75 Å². The molecular weight excluding hydrogens is 222 g/mol. The second-order valence-electron chi connectivity index (χ2n) is 4.31. The Kier molecular flexibility index (Phi) is 5.92. The van der Waals surface area contributed by atoms with Crippen LogP contribution in [0, 0.1) is 6.92 Å². The first-order valence-corrected chi connectivity index (χ1v) is 6.22. The Morgan fingerprint density at radius 3 is 2.67 bits per heavy atom. The molecule has 0 unspecified atom stereocenters. The van der Waals surface area contributed by atoms with E-state index in [2.05, 4.69) is 31.0 Å². The van der Waals surface area contributed by atoms with Crippen LogP contribution in [-0.4, -0.2) is 5.71 Å². The zero-order valence-corrected chi connectivity index (χ0v) is 11.6. The first kappa shape index (κ1) is 14.2. The van der Waals surface area contributed by atoms with Gasteiger partial charge in [0.25, 0.3) is 0 Å². The van der Waals surface area contributed by atoms with Crippen LogP contribution in [0.25, 0.3) is 0 Å². The van der Waals surface area contributed by atoms with Crippen LogP contribution >= 0.6 is 0 Å². The first-order chi connectivity index (χ1) is 8.63. The molecular formula is C16H21NO. The van der Waals surface area contributed by atoms with Gasteiger partial charge in [-0.2, -0.15) is 0 Å². The quantitative estimate of drug-likeness (QED) is 0.425. The van der Waals surface area contributed by atoms with Crippen molar-refractivity contribution < 1.29 is 4.74 Å². The lowest BCUT2D eigenvalue weighted by Crippen LogP contribution is -1.88. The largest absolute Gasteiger partial charge is 0.465 e. The number of aliphatic imine (C=N–C) groups is 1. The summed E-state index contributed by atoms with van der Waals surface area (Å²) in [6.07, 6.45) is 8.15. The van der Waals surface area contributed by atoms with Gasteiger partial charge in [0, 0.05) is 11.9 Å². The van der Waals surface area contributed by atoms with Gasteiger partial charge in [0.05, 0.1) is 6.26 Å². The summed E-state index contributed by atoms with van der Waals surface area (Å²) < 4.78 is 5.51. The van der Waals surface area contributed by atoms with Gasteiger partial charge in [-0.15, -0.1) is 0 Å². The van der Waals surface area contributed by atoms with Crippen molar-refractivity contribution in [3.05, 3.63) is 53.9 Å². The molecule has 0 fully saturated rings. The SMILES string of the molecule is CCc1ccc(O/C=C/C=C\N=C(C)C)cc1C. The highest BCUT2D eigenvalue weighted by Crippen LogP contribution is 2.17. The molecule has 1 aromatic carbocycles. The smallest absolute Gasteiger partial charge is 0.126 e. The Bertz CT molecular complexity index is 466. The van der Waals surface area contributed by atoms with Gasteiger partial charge < -0.3 is 4.74 Å². The third-order valence-corrected chi connectivity index (χ3v) is 2.51. The van der Waals surface area contributed by atoms with Crippen LogP contribution in [0.15, 0.2) is 47.8 Å². The molecule has 0 aliphatic rings. The average Bonchev–Trinajstić information content (AvgIpc) is 2.33. The number of hydrogen-bond donors (Lipinski definition) is 0. The topological polar surface area (TPSA) is 21.6 Å². The Balaban J connectivity index is 2.54. The van der Waals surface area contributed by atoms with Crippen molar-refractivity contribution in [2.24, 2.45) is 4.99 Å². The molecule has 0 radical (unpaired) electrons. The third-order valence-electron chi connectivity index (χ3n) is 2.51. The maximum absolute atomic E-state index is 5.51. The minimum atomic E-state index is 0.865. The van der Waals surface area contributed by atoms with E-state index in [0.717, 1.165) is 17.9 Å². The number of hydrogen-bond acceptors (Lipinski definition) is 2. The van der Waals surface area contributed by atoms with Gasteiger partial charge in [-0.05, 0) is 62.6 Å². The summed E-state index contributed by atoms with van der Waals surface area (Å²) in [7, 11) is 0. The lowest BCUT2D eigenvalue weighted by atomic mass is 10.1. The van der Waals surface area contributed by atoms with Crippen molar-refractivity contribution in [1.29, 1.82) is 0 Å². The van der Waals surface area contributed by atoms with Gasteiger partial charge in [-0.3, -0.25) is 4.99 Å². The summed E-state index contributed by atoms with van der Waals surface area (Å²) in [4.78, 5) is 4.14. The van der Waals surface area contributed by atoms with Crippen LogP contribution in [0.4, 0.5) is 0 Å². The summed E-state index contributed by atoms with van der Waals surface area (Å²) in [5, 5.41) is 0. The van der Waals surface area contributed by atoms with Crippen molar-refractivity contribution >= 4 is 5.71 Å². The molecule has 0 aromatic heterocycles. The standard InChI is InChI=1S/C16H21NO/c1-5-15-8-9-16(12-14(15)4)18-11-7-6-10-17-13(2)3/h6-12H,5H2,1-4H3/b10-6-,11-7+. The number of ether oxygens (including phenoxy) is 1. The average molecular weight is 243 g/mol. The Labute approximate surface area is 110 Å². The maximum Gasteiger partial charge on any atom is 0.126 e. The van der Waals surface area contributed by atoms with Crippen molar-refractivity contribution in [1.82, 2.24) is 0 Å². The fraction of sp³-hybridized carbons (Fsp3) is 0.312. The van der Waals surface area contributed by atoms with Crippen molar-refractivity contribution in [2.45, 2.75) is 34.1 Å². The molecule has 0 heterocycles. The molecule has 0 saturated carbocycles. The summed E-state index contributed by atoms with van der Waals surface area (Å²) in [5.74, 6) is 0.865. The molecule has 0 aliphatic heterocycles. The monoisotopic (exact) mass is 243 g/mol. The Morgan fingerprint density at radius 1 is 1.28 bits per heavy atom. The van der Waals surface area contributed by atoms with Crippen LogP contribution in [0.1, 0.15) is 31.9 Å². The normalized spacial score (nSPS) is 11.1. The van der Waals surface area contributed by atoms with Gasteiger partial charge >= 0.3 is 0 Å². The third kappa shape index (κ3) is 5.00. The van der Waals surface area contributed by atoms with E-state index >= 15 is 0 Å². The van der Waals surface area contributed by atoms with Crippen LogP contribution in [0.2, 0.25) is 0 Å². The van der Waals surface area contributed by atoms with Crippen molar-refractivity contribution in [2.75, 3.05) is 0 Å². The van der Waals surface area contributed by atoms with E-state index in [4.69, 9.17) is 4.74 Å². The molecule has 2 heteroatoms. The highest BCUT2D eigenvalue weighted by atomic mass is 16.5. The molecule has 0 saturated heterocycles. The minimum Gasteiger partial charge on any atom is -0.465 e. The number of benzene rings is 1. The molecule has 0 atom stereocenters. The predicted octanol–water partition coefficient (Wildman–Crippen LogP) is 4.44. The molecule has 0 amide bonds. The molecule has 0 aliphatic carbocycles. The number of aryl methyl sites for hydroxylation is 2. The van der Waals surface area contributed by atoms with Crippen LogP contribution in [-0.2, 0) is 6.42 Å². The Hall–Kier alpha value is -1.83. The van der Waals surface area contributed by atoms with Gasteiger partial charge in [0.1, 0.15) is 5.75 Å². The lowest BCUT2D eigenvalue weighted by molar-refractivity contribution is 0.480. The lowest BCUT2D eigenvalue weighted by Gasteiger charge is -2.05. The Morgan fingerprint density at radius 2 is 2.06 bits per heavy atom. The molecule has 18 heavy (non-hydrogen) atoms. The minimum absolute atomic E-state index is 0.865. The van der Waals surface area contributed by atoms with E-state index in [0.29, 0.717) is 0 Å². The van der Waals surface area contributed by atoms with Gasteiger partial charge in [-0.25, -0.2) is 0 Å². The van der Waals surface area contributed by atoms with E-state index in [1.165, 1.54) is 11.1 Å². The fourth-order valence-corrected chi connectivity index (χ4v) is 1.54. The van der Waals surface area contributed by atoms with E-state index < -0.39 is 0 Å². The fourth-order valence-electron chi connectivity index (χ4n) is 1.54. The van der Waals surface area contributed by atoms with Crippen molar-refractivity contribution in [3.63, 3.8) is 0 Å². The zero-order chi connectivity index (χ0) is 13.4. The van der Waals surface area contributed by atoms with Gasteiger partial charge in [0.2, 0.25) is 0 Å². The zero-order valence-electron chi connectivity index (χ0n) is 11.6. The first-order valence-electron chi connectivity index (χ1n) is 6.22. The van der Waals surface area contributed by atoms with E-state index in [1.54, 1.807) is 12.5 Å². The number of nitrogens with zero attached hydrogens (tertiary/aromatic N) is 1. The molecule has 0 N–H and O–H groups in total. The summed E-state index contributed by atoms with van der Waals surface area (Å²) in [5.41, 5.74) is 3.66. The van der Waals surface area contributed by atoms with E-state index in [9.17, 15) is 0 Å². The maximum atomic E-state index is 5.51. The molecule has 96 valence electrons. The van der Waals surface area contributed by atoms with Crippen LogP contribution in [0.3, 0.4) is 0 Å². The molecule has 0 spiro atoms. The van der Waals surface area contributed by atoms with Gasteiger partial charge in [-0.1, -0.05) is 13.0 Å². The van der Waals surface area contributed by atoms with E-state index in [-0.39, 0.29) is 0 Å². The summed E-state index contributed by atoms with van der Waals surface area (Å²) >= 11 is 0. The highest BCUT2D eigenvalue weighted by Gasteiger charge is 1.97. The number of rotatable bonds is 5. The highest BCUT2D eigenvalue weighted by molar-refractivity contribution is 5.79. The van der Waals surface area contributed by atoms with Gasteiger partial charge in [0.15, 0.2) is 0 Å².